The number of hydrogen-bond acceptors (Lipinski definition) is 3. The van der Waals surface area contributed by atoms with E-state index >= 15 is 0 Å². The van der Waals surface area contributed by atoms with Crippen LogP contribution in [-0.4, -0.2) is 4.98 Å². The minimum atomic E-state index is 0.565. The van der Waals surface area contributed by atoms with Gasteiger partial charge in [0, 0.05) is 0 Å². The van der Waals surface area contributed by atoms with Crippen LogP contribution < -0.4 is 11.5 Å². The molecule has 0 bridgehead atoms. The molecule has 0 unspecified atom stereocenters. The molecule has 0 amide bonds. The number of hydrogen-bond donors (Lipinski definition) is 2. The summed E-state index contributed by atoms with van der Waals surface area (Å²) in [5, 5.41) is 0. The van der Waals surface area contributed by atoms with Crippen molar-refractivity contribution in [3.05, 3.63) is 16.9 Å². The fraction of sp³-hybridized carbons (Fsp3) is 0. The van der Waals surface area contributed by atoms with Crippen molar-refractivity contribution < 1.29 is 0 Å². The van der Waals surface area contributed by atoms with Gasteiger partial charge >= 0.3 is 0 Å². The van der Waals surface area contributed by atoms with Crippen molar-refractivity contribution in [1.82, 2.24) is 4.98 Å². The Hall–Kier alpha value is -0.770. The first kappa shape index (κ1) is 6.35. The monoisotopic (exact) mass is 187 g/mol. The Labute approximate surface area is 61.2 Å². The molecule has 1 aromatic heterocycles. The number of nitrogen functional groups attached to an aromatic ring is 2. The lowest BCUT2D eigenvalue weighted by molar-refractivity contribution is 1.32. The number of rotatable bonds is 0. The smallest absolute Gasteiger partial charge is 0.0666 e. The van der Waals surface area contributed by atoms with Crippen LogP contribution in [0.5, 0.6) is 0 Å². The lowest BCUT2D eigenvalue weighted by Crippen LogP contribution is -1.93. The lowest BCUT2D eigenvalue weighted by Gasteiger charge is -1.97. The van der Waals surface area contributed by atoms with Gasteiger partial charge in [-0.2, -0.15) is 0 Å². The zero-order chi connectivity index (χ0) is 6.85. The molecule has 0 aliphatic carbocycles. The number of pyridine rings is 1. The average molecular weight is 188 g/mol. The van der Waals surface area contributed by atoms with Gasteiger partial charge in [0.15, 0.2) is 0 Å². The molecule has 0 atom stereocenters. The zero-order valence-corrected chi connectivity index (χ0v) is 6.22. The van der Waals surface area contributed by atoms with E-state index in [9.17, 15) is 0 Å². The van der Waals surface area contributed by atoms with Gasteiger partial charge in [0.2, 0.25) is 0 Å². The first-order valence-corrected chi connectivity index (χ1v) is 3.15. The predicted molar refractivity (Wildman–Crippen MR) is 40.8 cm³/mol. The molecule has 1 rings (SSSR count). The second kappa shape index (κ2) is 2.23. The van der Waals surface area contributed by atoms with Gasteiger partial charge < -0.3 is 11.5 Å². The molecule has 48 valence electrons. The summed E-state index contributed by atoms with van der Waals surface area (Å²) in [4.78, 5) is 3.76. The highest BCUT2D eigenvalue weighted by atomic mass is 79.9. The molecule has 0 aliphatic heterocycles. The van der Waals surface area contributed by atoms with Crippen LogP contribution in [0.3, 0.4) is 0 Å². The normalized spacial score (nSPS) is 9.44. The van der Waals surface area contributed by atoms with Gasteiger partial charge in [-0.1, -0.05) is 0 Å². The number of aromatic nitrogens is 1. The zero-order valence-electron chi connectivity index (χ0n) is 4.63. The SMILES string of the molecule is Nc1cncc(N)c1Br. The summed E-state index contributed by atoms with van der Waals surface area (Å²) >= 11 is 3.19. The van der Waals surface area contributed by atoms with Crippen molar-refractivity contribution in [3.8, 4) is 0 Å². The standard InChI is InChI=1S/C5H6BrN3/c6-5-3(7)1-9-2-4(5)8/h1-2H,7-8H2. The largest absolute Gasteiger partial charge is 0.397 e. The Bertz CT molecular complexity index is 203. The highest BCUT2D eigenvalue weighted by Gasteiger charge is 1.96. The molecule has 0 saturated carbocycles. The minimum Gasteiger partial charge on any atom is -0.397 e. The van der Waals surface area contributed by atoms with Crippen molar-refractivity contribution in [3.63, 3.8) is 0 Å². The molecule has 0 spiro atoms. The third-order valence-corrected chi connectivity index (χ3v) is 1.85. The molecule has 0 aromatic carbocycles. The van der Waals surface area contributed by atoms with Crippen LogP contribution in [0.1, 0.15) is 0 Å². The second-order valence-corrected chi connectivity index (χ2v) is 2.42. The summed E-state index contributed by atoms with van der Waals surface area (Å²) in [6, 6.07) is 0. The fourth-order valence-electron chi connectivity index (χ4n) is 0.478. The number of nitrogens with zero attached hydrogens (tertiary/aromatic N) is 1. The van der Waals surface area contributed by atoms with Crippen molar-refractivity contribution in [2.75, 3.05) is 11.5 Å². The van der Waals surface area contributed by atoms with E-state index in [2.05, 4.69) is 20.9 Å². The molecule has 1 aromatic rings. The van der Waals surface area contributed by atoms with E-state index in [0.717, 1.165) is 4.47 Å². The molecule has 0 radical (unpaired) electrons. The van der Waals surface area contributed by atoms with Crippen molar-refractivity contribution in [2.24, 2.45) is 0 Å². The summed E-state index contributed by atoms with van der Waals surface area (Å²) in [6.07, 6.45) is 3.08. The summed E-state index contributed by atoms with van der Waals surface area (Å²) < 4.78 is 0.720. The van der Waals surface area contributed by atoms with Crippen LogP contribution in [0.25, 0.3) is 0 Å². The van der Waals surface area contributed by atoms with Gasteiger partial charge in [-0.15, -0.1) is 0 Å². The van der Waals surface area contributed by atoms with Crippen LogP contribution in [0.15, 0.2) is 16.9 Å². The molecular formula is C5H6BrN3. The molecule has 4 heteroatoms. The first-order chi connectivity index (χ1) is 4.22. The maximum absolute atomic E-state index is 5.43. The number of anilines is 2. The topological polar surface area (TPSA) is 64.9 Å². The Balaban J connectivity index is 3.25. The van der Waals surface area contributed by atoms with E-state index in [-0.39, 0.29) is 0 Å². The first-order valence-electron chi connectivity index (χ1n) is 2.36. The van der Waals surface area contributed by atoms with Gasteiger partial charge in [-0.3, -0.25) is 4.98 Å². The summed E-state index contributed by atoms with van der Waals surface area (Å²) in [6.45, 7) is 0. The van der Waals surface area contributed by atoms with E-state index in [1.807, 2.05) is 0 Å². The maximum Gasteiger partial charge on any atom is 0.0666 e. The highest BCUT2D eigenvalue weighted by molar-refractivity contribution is 9.10. The Morgan fingerprint density at radius 3 is 2.00 bits per heavy atom. The molecule has 0 saturated heterocycles. The van der Waals surface area contributed by atoms with Crippen LogP contribution >= 0.6 is 15.9 Å². The van der Waals surface area contributed by atoms with E-state index in [4.69, 9.17) is 11.5 Å². The molecular weight excluding hydrogens is 182 g/mol. The highest BCUT2D eigenvalue weighted by Crippen LogP contribution is 2.23. The Morgan fingerprint density at radius 2 is 1.67 bits per heavy atom. The Morgan fingerprint density at radius 1 is 1.22 bits per heavy atom. The molecule has 0 fully saturated rings. The summed E-state index contributed by atoms with van der Waals surface area (Å²) in [7, 11) is 0. The summed E-state index contributed by atoms with van der Waals surface area (Å²) in [5.41, 5.74) is 12.0. The van der Waals surface area contributed by atoms with Gasteiger partial charge in [-0.25, -0.2) is 0 Å². The van der Waals surface area contributed by atoms with Crippen molar-refractivity contribution in [1.29, 1.82) is 0 Å². The van der Waals surface area contributed by atoms with E-state index in [1.54, 1.807) is 12.4 Å². The van der Waals surface area contributed by atoms with E-state index < -0.39 is 0 Å². The third kappa shape index (κ3) is 1.13. The van der Waals surface area contributed by atoms with Gasteiger partial charge in [-0.05, 0) is 15.9 Å². The lowest BCUT2D eigenvalue weighted by atomic mass is 10.4. The fourth-order valence-corrected chi connectivity index (χ4v) is 0.683. The molecule has 4 N–H and O–H groups in total. The average Bonchev–Trinajstić information content (AvgIpc) is 1.83. The number of halogens is 1. The molecule has 1 heterocycles. The van der Waals surface area contributed by atoms with E-state index in [0.29, 0.717) is 11.4 Å². The third-order valence-electron chi connectivity index (χ3n) is 0.934. The van der Waals surface area contributed by atoms with Crippen LogP contribution in [0.2, 0.25) is 0 Å². The van der Waals surface area contributed by atoms with Crippen LogP contribution in [-0.2, 0) is 0 Å². The van der Waals surface area contributed by atoms with Gasteiger partial charge in [0.05, 0.1) is 28.2 Å². The van der Waals surface area contributed by atoms with Gasteiger partial charge in [0.1, 0.15) is 0 Å². The van der Waals surface area contributed by atoms with Crippen molar-refractivity contribution in [2.45, 2.75) is 0 Å². The molecule has 0 aliphatic rings. The molecule has 9 heavy (non-hydrogen) atoms. The summed E-state index contributed by atoms with van der Waals surface area (Å²) in [5.74, 6) is 0. The quantitative estimate of drug-likeness (QED) is 0.638. The maximum atomic E-state index is 5.43. The van der Waals surface area contributed by atoms with E-state index in [1.165, 1.54) is 0 Å². The Kier molecular flexibility index (Phi) is 1.57. The number of nitrogens with two attached hydrogens (primary N) is 2. The molecule has 3 nitrogen and oxygen atoms in total. The van der Waals surface area contributed by atoms with Crippen LogP contribution in [0, 0.1) is 0 Å². The van der Waals surface area contributed by atoms with Crippen LogP contribution in [0.4, 0.5) is 11.4 Å². The predicted octanol–water partition coefficient (Wildman–Crippen LogP) is 1.01. The van der Waals surface area contributed by atoms with Gasteiger partial charge in [0.25, 0.3) is 0 Å². The minimum absolute atomic E-state index is 0.565. The second-order valence-electron chi connectivity index (χ2n) is 1.63. The van der Waals surface area contributed by atoms with Crippen molar-refractivity contribution >= 4 is 27.3 Å².